The average Bonchev–Trinajstić information content (AvgIpc) is 3.02. The van der Waals surface area contributed by atoms with Crippen LogP contribution in [0.5, 0.6) is 0 Å². The molecule has 3 rings (SSSR count). The normalized spacial score (nSPS) is 16.1. The highest BCUT2D eigenvalue weighted by Gasteiger charge is 2.33. The molecule has 2 aromatic rings. The minimum atomic E-state index is -3.64. The minimum absolute atomic E-state index is 0.142. The van der Waals surface area contributed by atoms with E-state index in [2.05, 4.69) is 15.4 Å². The van der Waals surface area contributed by atoms with Crippen molar-refractivity contribution in [2.24, 2.45) is 0 Å². The molecule has 1 aliphatic rings. The van der Waals surface area contributed by atoms with E-state index in [0.717, 1.165) is 0 Å². The molecule has 1 amide bonds. The van der Waals surface area contributed by atoms with E-state index in [0.29, 0.717) is 59.9 Å². The van der Waals surface area contributed by atoms with Crippen molar-refractivity contribution in [3.8, 4) is 0 Å². The zero-order valence-corrected chi connectivity index (χ0v) is 18.4. The van der Waals surface area contributed by atoms with Crippen LogP contribution in [-0.2, 0) is 14.8 Å². The lowest BCUT2D eigenvalue weighted by atomic mass is 10.3. The predicted octanol–water partition coefficient (Wildman–Crippen LogP) is 2.93. The average molecular weight is 461 g/mol. The zero-order chi connectivity index (χ0) is 21.2. The van der Waals surface area contributed by atoms with Gasteiger partial charge in [0.05, 0.1) is 10.7 Å². The first-order chi connectivity index (χ1) is 13.7. The van der Waals surface area contributed by atoms with Gasteiger partial charge in [-0.3, -0.25) is 4.79 Å². The summed E-state index contributed by atoms with van der Waals surface area (Å²) in [5.41, 5.74) is 0.834. The lowest BCUT2D eigenvalue weighted by molar-refractivity contribution is -0.116. The lowest BCUT2D eigenvalue weighted by Gasteiger charge is -2.33. The van der Waals surface area contributed by atoms with Crippen LogP contribution in [0.25, 0.3) is 0 Å². The van der Waals surface area contributed by atoms with E-state index in [1.165, 1.54) is 4.31 Å². The summed E-state index contributed by atoms with van der Waals surface area (Å²) in [4.78, 5) is 14.4. The quantitative estimate of drug-likeness (QED) is 0.711. The van der Waals surface area contributed by atoms with Crippen molar-refractivity contribution in [1.82, 2.24) is 14.4 Å². The number of anilines is 1. The van der Waals surface area contributed by atoms with Gasteiger partial charge in [-0.1, -0.05) is 28.4 Å². The molecule has 1 aliphatic heterocycles. The van der Waals surface area contributed by atoms with Crippen molar-refractivity contribution in [3.63, 3.8) is 0 Å². The van der Waals surface area contributed by atoms with Crippen LogP contribution in [0.4, 0.5) is 5.69 Å². The topological polar surface area (TPSA) is 95.8 Å². The highest BCUT2D eigenvalue weighted by Crippen LogP contribution is 2.26. The molecule has 1 saturated heterocycles. The number of hydrogen-bond acceptors (Lipinski definition) is 6. The molecule has 1 N–H and O–H groups in total. The molecule has 0 bridgehead atoms. The molecule has 0 atom stereocenters. The largest absolute Gasteiger partial charge is 0.360 e. The second-order valence-electron chi connectivity index (χ2n) is 6.82. The van der Waals surface area contributed by atoms with Crippen molar-refractivity contribution >= 4 is 44.8 Å². The number of carbonyl (C=O) groups excluding carboxylic acids is 1. The van der Waals surface area contributed by atoms with E-state index in [-0.39, 0.29) is 17.2 Å². The minimum Gasteiger partial charge on any atom is -0.360 e. The first kappa shape index (κ1) is 22.0. The number of halogens is 2. The van der Waals surface area contributed by atoms with Crippen LogP contribution in [0.15, 0.2) is 27.6 Å². The Labute approximate surface area is 179 Å². The maximum Gasteiger partial charge on any atom is 0.248 e. The Hall–Kier alpha value is -1.65. The number of nitrogens with zero attached hydrogens (tertiary/aromatic N) is 3. The van der Waals surface area contributed by atoms with E-state index >= 15 is 0 Å². The van der Waals surface area contributed by atoms with Crippen LogP contribution >= 0.6 is 23.2 Å². The molecule has 1 fully saturated rings. The Balaban J connectivity index is 1.51. The lowest BCUT2D eigenvalue weighted by Crippen LogP contribution is -2.49. The number of nitrogens with one attached hydrogen (secondary N) is 1. The van der Waals surface area contributed by atoms with E-state index in [9.17, 15) is 13.2 Å². The number of sulfonamides is 1. The molecule has 29 heavy (non-hydrogen) atoms. The molecule has 0 unspecified atom stereocenters. The number of rotatable bonds is 6. The fourth-order valence-electron chi connectivity index (χ4n) is 3.23. The van der Waals surface area contributed by atoms with Crippen molar-refractivity contribution < 1.29 is 17.7 Å². The SMILES string of the molecule is Cc1noc(C)c1S(=O)(=O)N1CCN(CCC(=O)Nc2cc(Cl)ccc2Cl)CC1. The Morgan fingerprint density at radius 3 is 2.52 bits per heavy atom. The van der Waals surface area contributed by atoms with Crippen LogP contribution in [0, 0.1) is 13.8 Å². The number of amides is 1. The molecular weight excluding hydrogens is 439 g/mol. The van der Waals surface area contributed by atoms with Gasteiger partial charge in [0.25, 0.3) is 0 Å². The number of aromatic nitrogens is 1. The molecule has 11 heteroatoms. The number of benzene rings is 1. The van der Waals surface area contributed by atoms with E-state index in [4.69, 9.17) is 27.7 Å². The van der Waals surface area contributed by atoms with Gasteiger partial charge in [0, 0.05) is 44.2 Å². The second-order valence-corrected chi connectivity index (χ2v) is 9.54. The van der Waals surface area contributed by atoms with Crippen LogP contribution in [0.1, 0.15) is 17.9 Å². The Morgan fingerprint density at radius 2 is 1.90 bits per heavy atom. The van der Waals surface area contributed by atoms with Crippen LogP contribution in [-0.4, -0.2) is 61.4 Å². The van der Waals surface area contributed by atoms with Crippen molar-refractivity contribution in [2.45, 2.75) is 25.2 Å². The van der Waals surface area contributed by atoms with Gasteiger partial charge in [-0.2, -0.15) is 4.31 Å². The molecule has 0 saturated carbocycles. The Bertz CT molecular complexity index is 982. The second kappa shape index (κ2) is 9.01. The molecule has 158 valence electrons. The number of hydrogen-bond donors (Lipinski definition) is 1. The number of piperazine rings is 1. The molecule has 0 aliphatic carbocycles. The van der Waals surface area contributed by atoms with Crippen molar-refractivity contribution in [2.75, 3.05) is 38.0 Å². The Morgan fingerprint density at radius 1 is 1.21 bits per heavy atom. The molecule has 2 heterocycles. The third kappa shape index (κ3) is 5.10. The maximum absolute atomic E-state index is 12.8. The van der Waals surface area contributed by atoms with Crippen molar-refractivity contribution in [1.29, 1.82) is 0 Å². The van der Waals surface area contributed by atoms with Crippen molar-refractivity contribution in [3.05, 3.63) is 39.7 Å². The highest BCUT2D eigenvalue weighted by molar-refractivity contribution is 7.89. The summed E-state index contributed by atoms with van der Waals surface area (Å²) in [7, 11) is -3.64. The molecule has 1 aromatic carbocycles. The third-order valence-corrected chi connectivity index (χ3v) is 7.46. The maximum atomic E-state index is 12.8. The Kier molecular flexibility index (Phi) is 6.85. The van der Waals surface area contributed by atoms with Crippen LogP contribution in [0.2, 0.25) is 10.0 Å². The monoisotopic (exact) mass is 460 g/mol. The van der Waals surface area contributed by atoms with Gasteiger partial charge in [0.1, 0.15) is 10.6 Å². The molecule has 0 spiro atoms. The van der Waals surface area contributed by atoms with Gasteiger partial charge in [0.2, 0.25) is 15.9 Å². The van der Waals surface area contributed by atoms with Gasteiger partial charge in [-0.05, 0) is 32.0 Å². The fraction of sp³-hybridized carbons (Fsp3) is 0.444. The predicted molar refractivity (Wildman–Crippen MR) is 111 cm³/mol. The van der Waals surface area contributed by atoms with Crippen LogP contribution in [0.3, 0.4) is 0 Å². The summed E-state index contributed by atoms with van der Waals surface area (Å²) < 4.78 is 32.1. The summed E-state index contributed by atoms with van der Waals surface area (Å²) in [6.07, 6.45) is 0.263. The van der Waals surface area contributed by atoms with E-state index < -0.39 is 10.0 Å². The standard InChI is InChI=1S/C18H22Cl2N4O4S/c1-12-18(13(2)28-22-12)29(26,27)24-9-7-23(8-10-24)6-5-17(25)21-16-11-14(19)3-4-15(16)20/h3-4,11H,5-10H2,1-2H3,(H,21,25). The van der Waals surface area contributed by atoms with Gasteiger partial charge in [0.15, 0.2) is 5.76 Å². The van der Waals surface area contributed by atoms with Gasteiger partial charge in [-0.25, -0.2) is 8.42 Å². The summed E-state index contributed by atoms with van der Waals surface area (Å²) in [5, 5.41) is 7.39. The third-order valence-electron chi connectivity index (χ3n) is 4.75. The summed E-state index contributed by atoms with van der Waals surface area (Å²) in [6, 6.07) is 4.87. The first-order valence-corrected chi connectivity index (χ1v) is 11.3. The first-order valence-electron chi connectivity index (χ1n) is 9.09. The molecule has 8 nitrogen and oxygen atoms in total. The molecular formula is C18H22Cl2N4O4S. The molecule has 1 aromatic heterocycles. The number of aryl methyl sites for hydroxylation is 2. The summed E-state index contributed by atoms with van der Waals surface area (Å²) >= 11 is 12.0. The van der Waals surface area contributed by atoms with E-state index in [1.54, 1.807) is 32.0 Å². The fourth-order valence-corrected chi connectivity index (χ4v) is 5.28. The smallest absolute Gasteiger partial charge is 0.248 e. The van der Waals surface area contributed by atoms with Gasteiger partial charge in [-0.15, -0.1) is 0 Å². The highest BCUT2D eigenvalue weighted by atomic mass is 35.5. The van der Waals surface area contributed by atoms with Gasteiger partial charge >= 0.3 is 0 Å². The summed E-state index contributed by atoms with van der Waals surface area (Å²) in [6.45, 7) is 5.48. The molecule has 0 radical (unpaired) electrons. The summed E-state index contributed by atoms with van der Waals surface area (Å²) in [5.74, 6) is 0.112. The van der Waals surface area contributed by atoms with Crippen LogP contribution < -0.4 is 5.32 Å². The van der Waals surface area contributed by atoms with E-state index in [1.807, 2.05) is 0 Å². The van der Waals surface area contributed by atoms with Gasteiger partial charge < -0.3 is 14.7 Å². The number of carbonyl (C=O) groups is 1. The zero-order valence-electron chi connectivity index (χ0n) is 16.1.